The molecule has 2 aromatic carbocycles. The molecule has 6 nitrogen and oxygen atoms in total. The van der Waals surface area contributed by atoms with E-state index in [1.807, 2.05) is 43.6 Å². The summed E-state index contributed by atoms with van der Waals surface area (Å²) in [6, 6.07) is 11.6. The fraction of sp³-hybridized carbons (Fsp3) is 0.160. The summed E-state index contributed by atoms with van der Waals surface area (Å²) in [6.45, 7) is 3.50. The molecule has 31 heavy (non-hydrogen) atoms. The molecule has 0 aliphatic heterocycles. The minimum Gasteiger partial charge on any atom is -0.495 e. The number of Topliss-reactive ketones (excluding diaryl/α,β-unsaturated/α-hetero) is 1. The number of aromatic nitrogens is 2. The first-order valence-electron chi connectivity index (χ1n) is 10.1. The van der Waals surface area contributed by atoms with Crippen molar-refractivity contribution < 1.29 is 14.3 Å². The zero-order valence-electron chi connectivity index (χ0n) is 17.4. The molecule has 0 unspecified atom stereocenters. The van der Waals surface area contributed by atoms with Gasteiger partial charge in [-0.25, -0.2) is 0 Å². The summed E-state index contributed by atoms with van der Waals surface area (Å²) >= 11 is 0. The molecule has 1 amide bonds. The normalized spacial score (nSPS) is 12.9. The summed E-state index contributed by atoms with van der Waals surface area (Å²) in [7, 11) is 3.58. The Labute approximate surface area is 179 Å². The van der Waals surface area contributed by atoms with Crippen LogP contribution in [0.1, 0.15) is 22.5 Å². The molecule has 154 valence electrons. The number of methoxy groups -OCH3 is 1. The van der Waals surface area contributed by atoms with Gasteiger partial charge in [-0.15, -0.1) is 0 Å². The fourth-order valence-electron chi connectivity index (χ4n) is 4.49. The predicted molar refractivity (Wildman–Crippen MR) is 122 cm³/mol. The first kappa shape index (κ1) is 19.1. The van der Waals surface area contributed by atoms with Crippen molar-refractivity contribution in [3.8, 4) is 17.0 Å². The van der Waals surface area contributed by atoms with Gasteiger partial charge in [0.05, 0.1) is 24.0 Å². The van der Waals surface area contributed by atoms with Crippen LogP contribution in [-0.2, 0) is 18.3 Å². The number of nitrogens with one attached hydrogen (secondary N) is 1. The van der Waals surface area contributed by atoms with Crippen molar-refractivity contribution in [2.45, 2.75) is 12.8 Å². The van der Waals surface area contributed by atoms with Crippen LogP contribution in [0, 0.1) is 0 Å². The van der Waals surface area contributed by atoms with Crippen LogP contribution >= 0.6 is 0 Å². The van der Waals surface area contributed by atoms with Crippen molar-refractivity contribution >= 4 is 39.1 Å². The Morgan fingerprint density at radius 3 is 2.81 bits per heavy atom. The topological polar surface area (TPSA) is 73.2 Å². The first-order valence-corrected chi connectivity index (χ1v) is 10.1. The number of ether oxygens (including phenoxy) is 1. The molecular weight excluding hydrogens is 390 g/mol. The molecule has 1 aliphatic rings. The Balaban J connectivity index is 1.70. The molecule has 0 radical (unpaired) electrons. The van der Waals surface area contributed by atoms with Gasteiger partial charge in [0, 0.05) is 52.6 Å². The van der Waals surface area contributed by atoms with Crippen LogP contribution in [-0.4, -0.2) is 28.4 Å². The second kappa shape index (κ2) is 7.09. The third-order valence-corrected chi connectivity index (χ3v) is 5.98. The van der Waals surface area contributed by atoms with E-state index >= 15 is 0 Å². The van der Waals surface area contributed by atoms with E-state index in [1.54, 1.807) is 13.2 Å². The smallest absolute Gasteiger partial charge is 0.247 e. The average Bonchev–Trinajstić information content (AvgIpc) is 3.31. The highest BCUT2D eigenvalue weighted by molar-refractivity contribution is 6.18. The molecule has 1 N–H and O–H groups in total. The lowest BCUT2D eigenvalue weighted by Crippen LogP contribution is -2.08. The highest BCUT2D eigenvalue weighted by Gasteiger charge is 2.27. The number of hydrogen-bond donors (Lipinski definition) is 1. The summed E-state index contributed by atoms with van der Waals surface area (Å²) < 4.78 is 7.51. The molecule has 5 rings (SSSR count). The van der Waals surface area contributed by atoms with Crippen molar-refractivity contribution in [3.05, 3.63) is 66.5 Å². The van der Waals surface area contributed by atoms with Crippen LogP contribution in [0.4, 0.5) is 5.69 Å². The van der Waals surface area contributed by atoms with E-state index in [1.165, 1.54) is 6.08 Å². The quantitative estimate of drug-likeness (QED) is 0.496. The van der Waals surface area contributed by atoms with E-state index < -0.39 is 0 Å². The predicted octanol–water partition coefficient (Wildman–Crippen LogP) is 4.66. The maximum atomic E-state index is 12.4. The first-order chi connectivity index (χ1) is 15.0. The third-order valence-electron chi connectivity index (χ3n) is 5.98. The van der Waals surface area contributed by atoms with Crippen molar-refractivity contribution in [2.75, 3.05) is 12.4 Å². The number of ketones is 1. The summed E-state index contributed by atoms with van der Waals surface area (Å²) in [6.07, 6.45) is 4.42. The van der Waals surface area contributed by atoms with Crippen molar-refractivity contribution in [1.82, 2.24) is 9.55 Å². The third kappa shape index (κ3) is 2.91. The van der Waals surface area contributed by atoms with Crippen LogP contribution in [0.5, 0.6) is 5.75 Å². The van der Waals surface area contributed by atoms with Crippen molar-refractivity contribution in [2.24, 2.45) is 7.05 Å². The molecular formula is C25H21N3O3. The van der Waals surface area contributed by atoms with E-state index in [-0.39, 0.29) is 11.7 Å². The lowest BCUT2D eigenvalue weighted by Gasteiger charge is -2.12. The summed E-state index contributed by atoms with van der Waals surface area (Å²) in [5.41, 5.74) is 5.17. The van der Waals surface area contributed by atoms with Gasteiger partial charge in [-0.3, -0.25) is 14.6 Å². The number of amides is 1. The molecule has 0 fully saturated rings. The number of rotatable bonds is 4. The number of nitrogens with zero attached hydrogens (tertiary/aromatic N) is 2. The standard InChI is InChI=1S/C25H21N3O3/c1-4-23(30)27-19-11-14(6-10-22(19)31-3)18-12-17-15(13-26-18)5-7-16-24-20(8-9-21(24)29)28(2)25(16)17/h4-7,10-13H,1,8-9H2,2-3H3,(H,27,30). The maximum absolute atomic E-state index is 12.4. The van der Waals surface area contributed by atoms with Gasteiger partial charge < -0.3 is 14.6 Å². The van der Waals surface area contributed by atoms with Crippen LogP contribution < -0.4 is 10.1 Å². The summed E-state index contributed by atoms with van der Waals surface area (Å²) in [5.74, 6) is 0.457. The number of aryl methyl sites for hydroxylation is 1. The average molecular weight is 411 g/mol. The van der Waals surface area contributed by atoms with Crippen LogP contribution in [0.2, 0.25) is 0 Å². The molecule has 0 bridgehead atoms. The maximum Gasteiger partial charge on any atom is 0.247 e. The van der Waals surface area contributed by atoms with E-state index in [9.17, 15) is 9.59 Å². The second-order valence-corrected chi connectivity index (χ2v) is 7.66. The lowest BCUT2D eigenvalue weighted by atomic mass is 10.0. The van der Waals surface area contributed by atoms with Crippen molar-refractivity contribution in [1.29, 1.82) is 0 Å². The lowest BCUT2D eigenvalue weighted by molar-refractivity contribution is -0.111. The number of benzene rings is 2. The van der Waals surface area contributed by atoms with Gasteiger partial charge in [-0.2, -0.15) is 0 Å². The Morgan fingerprint density at radius 2 is 2.03 bits per heavy atom. The second-order valence-electron chi connectivity index (χ2n) is 7.66. The molecule has 6 heteroatoms. The fourth-order valence-corrected chi connectivity index (χ4v) is 4.49. The van der Waals surface area contributed by atoms with Crippen LogP contribution in [0.25, 0.3) is 32.9 Å². The Morgan fingerprint density at radius 1 is 1.19 bits per heavy atom. The molecule has 2 heterocycles. The molecule has 0 atom stereocenters. The van der Waals surface area contributed by atoms with E-state index in [2.05, 4.69) is 21.4 Å². The van der Waals surface area contributed by atoms with Crippen LogP contribution in [0.3, 0.4) is 0 Å². The molecule has 2 aromatic heterocycles. The van der Waals surface area contributed by atoms with Gasteiger partial charge >= 0.3 is 0 Å². The Hall–Kier alpha value is -3.93. The summed E-state index contributed by atoms with van der Waals surface area (Å²) in [4.78, 5) is 28.9. The van der Waals surface area contributed by atoms with E-state index in [0.29, 0.717) is 17.9 Å². The van der Waals surface area contributed by atoms with Crippen molar-refractivity contribution in [3.63, 3.8) is 0 Å². The number of fused-ring (bicyclic) bond motifs is 5. The Bertz CT molecular complexity index is 1420. The van der Waals surface area contributed by atoms with Gasteiger partial charge in [0.1, 0.15) is 5.75 Å². The minimum atomic E-state index is -0.313. The zero-order valence-corrected chi connectivity index (χ0v) is 17.4. The van der Waals surface area contributed by atoms with Gasteiger partial charge in [-0.1, -0.05) is 18.7 Å². The number of pyridine rings is 1. The van der Waals surface area contributed by atoms with E-state index in [4.69, 9.17) is 4.74 Å². The van der Waals surface area contributed by atoms with Gasteiger partial charge in [0.2, 0.25) is 5.91 Å². The molecule has 0 spiro atoms. The zero-order chi connectivity index (χ0) is 21.7. The highest BCUT2D eigenvalue weighted by Crippen LogP contribution is 2.37. The molecule has 0 saturated carbocycles. The van der Waals surface area contributed by atoms with Gasteiger partial charge in [0.25, 0.3) is 0 Å². The monoisotopic (exact) mass is 411 g/mol. The molecule has 1 aliphatic carbocycles. The summed E-state index contributed by atoms with van der Waals surface area (Å²) in [5, 5.41) is 5.83. The Kier molecular flexibility index (Phi) is 4.36. The highest BCUT2D eigenvalue weighted by atomic mass is 16.5. The van der Waals surface area contributed by atoms with Gasteiger partial charge in [-0.05, 0) is 36.8 Å². The SMILES string of the molecule is C=CC(=O)Nc1cc(-c2cc3c(ccc4c5c(n(C)c43)CCC5=O)cn2)ccc1OC. The minimum absolute atomic E-state index is 0.215. The molecule has 0 saturated heterocycles. The van der Waals surface area contributed by atoms with E-state index in [0.717, 1.165) is 50.6 Å². The number of hydrogen-bond acceptors (Lipinski definition) is 4. The number of anilines is 1. The molecule has 4 aromatic rings. The number of carbonyl (C=O) groups excluding carboxylic acids is 2. The van der Waals surface area contributed by atoms with Crippen LogP contribution in [0.15, 0.2) is 55.3 Å². The largest absolute Gasteiger partial charge is 0.495 e. The number of carbonyl (C=O) groups is 2. The van der Waals surface area contributed by atoms with Gasteiger partial charge in [0.15, 0.2) is 5.78 Å².